The van der Waals surface area contributed by atoms with Crippen molar-refractivity contribution in [2.24, 2.45) is 0 Å². The van der Waals surface area contributed by atoms with E-state index in [0.717, 1.165) is 23.7 Å². The Balaban J connectivity index is 0.000000200. The van der Waals surface area contributed by atoms with Gasteiger partial charge in [-0.1, -0.05) is 72.8 Å². The molecule has 2 nitrogen and oxygen atoms in total. The van der Waals surface area contributed by atoms with Crippen LogP contribution >= 0.6 is 0 Å². The molecule has 0 aliphatic carbocycles. The molecule has 0 amide bonds. The normalized spacial score (nSPS) is 10.0. The van der Waals surface area contributed by atoms with Crippen LogP contribution in [0.1, 0.15) is 11.1 Å². The number of rotatable bonds is 4. The molecule has 0 aromatic heterocycles. The van der Waals surface area contributed by atoms with E-state index in [2.05, 4.69) is 0 Å². The van der Waals surface area contributed by atoms with Crippen molar-refractivity contribution in [3.05, 3.63) is 83.9 Å². The third-order valence-corrected chi connectivity index (χ3v) is 2.33. The summed E-state index contributed by atoms with van der Waals surface area (Å²) in [7, 11) is 0. The van der Waals surface area contributed by atoms with E-state index in [4.69, 9.17) is 0 Å². The first-order valence-corrected chi connectivity index (χ1v) is 6.20. The second kappa shape index (κ2) is 10.2. The van der Waals surface area contributed by atoms with Gasteiger partial charge in [-0.05, 0) is 23.3 Å². The van der Waals surface area contributed by atoms with Crippen LogP contribution in [0.3, 0.4) is 0 Å². The van der Waals surface area contributed by atoms with Crippen molar-refractivity contribution >= 4 is 24.7 Å². The largest absolute Gasteiger partial charge is 0.299 e. The molecule has 0 saturated heterocycles. The Morgan fingerprint density at radius 2 is 0.900 bits per heavy atom. The number of benzene rings is 2. The molecule has 2 aromatic carbocycles. The lowest BCUT2D eigenvalue weighted by Crippen LogP contribution is -1.67. The van der Waals surface area contributed by atoms with E-state index in [-0.39, 0.29) is 0 Å². The smallest absolute Gasteiger partial charge is 0.142 e. The topological polar surface area (TPSA) is 34.1 Å². The van der Waals surface area contributed by atoms with Gasteiger partial charge in [0, 0.05) is 0 Å². The second-order valence-electron chi connectivity index (χ2n) is 3.81. The molecule has 0 atom stereocenters. The van der Waals surface area contributed by atoms with Gasteiger partial charge in [-0.15, -0.1) is 0 Å². The van der Waals surface area contributed by atoms with Gasteiger partial charge in [0.15, 0.2) is 0 Å². The molecule has 0 bridgehead atoms. The Bertz CT molecular complexity index is 501. The highest BCUT2D eigenvalue weighted by atomic mass is 16.1. The van der Waals surface area contributed by atoms with Gasteiger partial charge in [0.2, 0.25) is 0 Å². The van der Waals surface area contributed by atoms with Crippen molar-refractivity contribution in [1.29, 1.82) is 0 Å². The predicted molar refractivity (Wildman–Crippen MR) is 83.1 cm³/mol. The van der Waals surface area contributed by atoms with Crippen molar-refractivity contribution in [3.63, 3.8) is 0 Å². The molecular formula is C18H16O2. The van der Waals surface area contributed by atoms with Crippen LogP contribution < -0.4 is 0 Å². The second-order valence-corrected chi connectivity index (χ2v) is 3.81. The minimum absolute atomic E-state index is 0.771. The summed E-state index contributed by atoms with van der Waals surface area (Å²) in [6, 6.07) is 19.4. The molecule has 20 heavy (non-hydrogen) atoms. The lowest BCUT2D eigenvalue weighted by molar-refractivity contribution is -0.104. The van der Waals surface area contributed by atoms with Gasteiger partial charge >= 0.3 is 0 Å². The zero-order valence-electron chi connectivity index (χ0n) is 11.1. The Labute approximate surface area is 119 Å². The lowest BCUT2D eigenvalue weighted by atomic mass is 10.2. The molecule has 2 rings (SSSR count). The van der Waals surface area contributed by atoms with Gasteiger partial charge in [0.05, 0.1) is 0 Å². The fraction of sp³-hybridized carbons (Fsp3) is 0. The van der Waals surface area contributed by atoms with E-state index in [1.54, 1.807) is 12.2 Å². The number of hydrogen-bond donors (Lipinski definition) is 0. The van der Waals surface area contributed by atoms with Gasteiger partial charge < -0.3 is 0 Å². The molecule has 0 fully saturated rings. The van der Waals surface area contributed by atoms with Crippen molar-refractivity contribution in [2.75, 3.05) is 0 Å². The fourth-order valence-corrected chi connectivity index (χ4v) is 1.43. The third-order valence-electron chi connectivity index (χ3n) is 2.33. The van der Waals surface area contributed by atoms with Crippen LogP contribution in [0.15, 0.2) is 72.8 Å². The van der Waals surface area contributed by atoms with Gasteiger partial charge in [0.25, 0.3) is 0 Å². The van der Waals surface area contributed by atoms with Gasteiger partial charge in [-0.2, -0.15) is 0 Å². The number of allylic oxidation sites excluding steroid dienone is 2. The highest BCUT2D eigenvalue weighted by molar-refractivity contribution is 5.74. The first kappa shape index (κ1) is 15.3. The molecule has 0 N–H and O–H groups in total. The van der Waals surface area contributed by atoms with E-state index in [0.29, 0.717) is 0 Å². The monoisotopic (exact) mass is 264 g/mol. The van der Waals surface area contributed by atoms with Gasteiger partial charge in [-0.25, -0.2) is 0 Å². The molecule has 100 valence electrons. The average Bonchev–Trinajstić information content (AvgIpc) is 2.53. The summed E-state index contributed by atoms with van der Waals surface area (Å²) in [5.74, 6) is 0. The number of carbonyl (C=O) groups is 2. The SMILES string of the molecule is O=C/C=C/c1ccccc1.O=CC=Cc1ccccc1. The van der Waals surface area contributed by atoms with Crippen LogP contribution in [0.5, 0.6) is 0 Å². The summed E-state index contributed by atoms with van der Waals surface area (Å²) >= 11 is 0. The fourth-order valence-electron chi connectivity index (χ4n) is 1.43. The number of carbonyl (C=O) groups excluding carboxylic acids is 2. The highest BCUT2D eigenvalue weighted by Gasteiger charge is 1.79. The molecule has 0 aliphatic rings. The van der Waals surface area contributed by atoms with Crippen LogP contribution in [0, 0.1) is 0 Å². The molecule has 0 heterocycles. The predicted octanol–water partition coefficient (Wildman–Crippen LogP) is 3.80. The molecule has 0 aliphatic heterocycles. The summed E-state index contributed by atoms with van der Waals surface area (Å²) in [5, 5.41) is 0. The summed E-state index contributed by atoms with van der Waals surface area (Å²) in [6.45, 7) is 0. The van der Waals surface area contributed by atoms with Crippen LogP contribution in [0.2, 0.25) is 0 Å². The zero-order valence-corrected chi connectivity index (χ0v) is 11.1. The Morgan fingerprint density at radius 3 is 1.20 bits per heavy atom. The summed E-state index contributed by atoms with van der Waals surface area (Å²) in [4.78, 5) is 19.8. The van der Waals surface area contributed by atoms with E-state index in [1.807, 2.05) is 60.7 Å². The molecule has 2 heteroatoms. The van der Waals surface area contributed by atoms with E-state index < -0.39 is 0 Å². The Kier molecular flexibility index (Phi) is 7.82. The summed E-state index contributed by atoms with van der Waals surface area (Å²) < 4.78 is 0. The van der Waals surface area contributed by atoms with E-state index in [1.165, 1.54) is 12.2 Å². The third kappa shape index (κ3) is 6.87. The summed E-state index contributed by atoms with van der Waals surface area (Å²) in [5.41, 5.74) is 2.10. The quantitative estimate of drug-likeness (QED) is 0.622. The molecule has 0 radical (unpaired) electrons. The Morgan fingerprint density at radius 1 is 0.550 bits per heavy atom. The van der Waals surface area contributed by atoms with Gasteiger partial charge in [-0.3, -0.25) is 9.59 Å². The van der Waals surface area contributed by atoms with Crippen LogP contribution in [-0.2, 0) is 9.59 Å². The number of aldehydes is 2. The molecule has 0 saturated carbocycles. The van der Waals surface area contributed by atoms with Crippen LogP contribution in [-0.4, -0.2) is 12.6 Å². The maximum absolute atomic E-state index is 9.89. The average molecular weight is 264 g/mol. The highest BCUT2D eigenvalue weighted by Crippen LogP contribution is 1.99. The number of hydrogen-bond acceptors (Lipinski definition) is 2. The molecule has 0 unspecified atom stereocenters. The van der Waals surface area contributed by atoms with Crippen molar-refractivity contribution in [3.8, 4) is 0 Å². The van der Waals surface area contributed by atoms with E-state index in [9.17, 15) is 9.59 Å². The Hall–Kier alpha value is -2.74. The van der Waals surface area contributed by atoms with Crippen molar-refractivity contribution in [2.45, 2.75) is 0 Å². The maximum atomic E-state index is 9.89. The first-order chi connectivity index (χ1) is 9.86. The standard InChI is InChI=1S/2C9H8O/c2*10-8-4-7-9-5-2-1-3-6-9/h2*1-8H/b7-4+;. The minimum Gasteiger partial charge on any atom is -0.299 e. The lowest BCUT2D eigenvalue weighted by Gasteiger charge is -1.86. The molecular weight excluding hydrogens is 248 g/mol. The van der Waals surface area contributed by atoms with E-state index >= 15 is 0 Å². The minimum atomic E-state index is 0.771. The van der Waals surface area contributed by atoms with Crippen LogP contribution in [0.4, 0.5) is 0 Å². The summed E-state index contributed by atoms with van der Waals surface area (Å²) in [6.07, 6.45) is 8.05. The zero-order chi connectivity index (χ0) is 14.5. The maximum Gasteiger partial charge on any atom is 0.142 e. The van der Waals surface area contributed by atoms with Crippen LogP contribution in [0.25, 0.3) is 12.2 Å². The van der Waals surface area contributed by atoms with Crippen molar-refractivity contribution in [1.82, 2.24) is 0 Å². The molecule has 2 aromatic rings. The van der Waals surface area contributed by atoms with Gasteiger partial charge in [0.1, 0.15) is 12.6 Å². The first-order valence-electron chi connectivity index (χ1n) is 6.20. The molecule has 0 spiro atoms. The van der Waals surface area contributed by atoms with Crippen molar-refractivity contribution < 1.29 is 9.59 Å².